The smallest absolute Gasteiger partial charge is 0.311 e. The summed E-state index contributed by atoms with van der Waals surface area (Å²) in [5.74, 6) is 0.798. The van der Waals surface area contributed by atoms with Crippen molar-refractivity contribution >= 4 is 11.7 Å². The number of aliphatic hydroxyl groups is 1. The molecule has 6 rings (SSSR count). The summed E-state index contributed by atoms with van der Waals surface area (Å²) in [5.41, 5.74) is 3.14. The Labute approximate surface area is 194 Å². The highest BCUT2D eigenvalue weighted by Gasteiger charge is 2.56. The Balaban J connectivity index is 1.25. The van der Waals surface area contributed by atoms with E-state index in [1.807, 2.05) is 14.1 Å². The lowest BCUT2D eigenvalue weighted by molar-refractivity contribution is -0.162. The van der Waals surface area contributed by atoms with Gasteiger partial charge in [-0.3, -0.25) is 4.79 Å². The third-order valence-electron chi connectivity index (χ3n) is 7.85. The van der Waals surface area contributed by atoms with E-state index in [1.165, 1.54) is 24.8 Å². The van der Waals surface area contributed by atoms with E-state index >= 15 is 0 Å². The average Bonchev–Trinajstić information content (AvgIpc) is 3.12. The summed E-state index contributed by atoms with van der Waals surface area (Å²) in [6, 6.07) is 6.37. The maximum absolute atomic E-state index is 11.1. The summed E-state index contributed by atoms with van der Waals surface area (Å²) in [5, 5.41) is 35.3. The maximum atomic E-state index is 11.1. The normalized spacial score (nSPS) is 30.0. The van der Waals surface area contributed by atoms with Crippen LogP contribution in [0.3, 0.4) is 0 Å². The predicted octanol–water partition coefficient (Wildman–Crippen LogP) is 1.84. The molecule has 4 saturated carbocycles. The molecule has 2 atom stereocenters. The minimum absolute atomic E-state index is 0.203. The Bertz CT molecular complexity index is 1020. The fraction of sp³-hybridized carbons (Fsp3) is 0.667. The molecule has 0 amide bonds. The number of anilines is 1. The molecule has 0 radical (unpaired) electrons. The van der Waals surface area contributed by atoms with Gasteiger partial charge in [-0.05, 0) is 83.4 Å². The number of nitrogens with zero attached hydrogens (tertiary/aromatic N) is 5. The highest BCUT2D eigenvalue weighted by molar-refractivity contribution is 5.69. The van der Waals surface area contributed by atoms with Gasteiger partial charge in [0.1, 0.15) is 6.42 Å². The van der Waals surface area contributed by atoms with Gasteiger partial charge in [-0.15, -0.1) is 5.10 Å². The molecule has 9 heteroatoms. The lowest BCUT2D eigenvalue weighted by atomic mass is 9.48. The Kier molecular flexibility index (Phi) is 5.64. The molecule has 2 aromatic rings. The second-order valence-electron chi connectivity index (χ2n) is 11.0. The molecule has 1 heterocycles. The van der Waals surface area contributed by atoms with Crippen molar-refractivity contribution in [2.75, 3.05) is 25.5 Å². The maximum Gasteiger partial charge on any atom is 0.311 e. The quantitative estimate of drug-likeness (QED) is 0.526. The molecule has 3 N–H and O–H groups in total. The van der Waals surface area contributed by atoms with Gasteiger partial charge in [0, 0.05) is 32.9 Å². The molecule has 33 heavy (non-hydrogen) atoms. The monoisotopic (exact) mass is 454 g/mol. The first-order valence-electron chi connectivity index (χ1n) is 11.9. The molecule has 0 aliphatic heterocycles. The number of hydrogen-bond acceptors (Lipinski definition) is 7. The predicted molar refractivity (Wildman–Crippen MR) is 123 cm³/mol. The number of nitrogens with one attached hydrogen (secondary N) is 1. The first-order chi connectivity index (χ1) is 15.7. The molecule has 1 aromatic heterocycles. The molecule has 2 unspecified atom stereocenters. The van der Waals surface area contributed by atoms with E-state index in [1.54, 1.807) is 4.68 Å². The SMILES string of the molecule is CN(C)c1cc(CNCC23CC4CC(CC(O)(C4)C2)C3)ccc1Cn1nnnc1CC(=O)O. The van der Waals surface area contributed by atoms with E-state index in [0.29, 0.717) is 24.2 Å². The van der Waals surface area contributed by atoms with E-state index < -0.39 is 11.6 Å². The molecule has 4 aliphatic carbocycles. The fourth-order valence-electron chi connectivity index (χ4n) is 7.12. The van der Waals surface area contributed by atoms with Gasteiger partial charge in [0.25, 0.3) is 0 Å². The molecule has 9 nitrogen and oxygen atoms in total. The van der Waals surface area contributed by atoms with Crippen molar-refractivity contribution in [3.05, 3.63) is 35.2 Å². The highest BCUT2D eigenvalue weighted by atomic mass is 16.4. The van der Waals surface area contributed by atoms with Gasteiger partial charge in [0.15, 0.2) is 5.82 Å². The van der Waals surface area contributed by atoms with Crippen LogP contribution in [-0.4, -0.2) is 62.6 Å². The summed E-state index contributed by atoms with van der Waals surface area (Å²) in [7, 11) is 4.01. The van der Waals surface area contributed by atoms with Crippen molar-refractivity contribution in [2.24, 2.45) is 17.3 Å². The second-order valence-corrected chi connectivity index (χ2v) is 11.0. The Morgan fingerprint density at radius 2 is 2.00 bits per heavy atom. The first kappa shape index (κ1) is 22.3. The summed E-state index contributed by atoms with van der Waals surface area (Å²) < 4.78 is 1.55. The number of aliphatic carboxylic acids is 1. The molecular formula is C24H34N6O3. The zero-order chi connectivity index (χ0) is 23.2. The van der Waals surface area contributed by atoms with E-state index in [2.05, 4.69) is 43.9 Å². The molecule has 4 aliphatic rings. The largest absolute Gasteiger partial charge is 0.481 e. The van der Waals surface area contributed by atoms with Crippen LogP contribution in [0.4, 0.5) is 5.69 Å². The van der Waals surface area contributed by atoms with Crippen molar-refractivity contribution < 1.29 is 15.0 Å². The molecule has 0 saturated heterocycles. The zero-order valence-electron chi connectivity index (χ0n) is 19.5. The zero-order valence-corrected chi connectivity index (χ0v) is 19.5. The molecule has 4 fully saturated rings. The number of tetrazole rings is 1. The summed E-state index contributed by atoms with van der Waals surface area (Å²) in [6.45, 7) is 2.16. The van der Waals surface area contributed by atoms with Crippen molar-refractivity contribution in [2.45, 2.75) is 63.6 Å². The fourth-order valence-corrected chi connectivity index (χ4v) is 7.12. The van der Waals surface area contributed by atoms with Gasteiger partial charge in [-0.2, -0.15) is 0 Å². The van der Waals surface area contributed by atoms with Crippen LogP contribution in [0.2, 0.25) is 0 Å². The third kappa shape index (κ3) is 4.61. The van der Waals surface area contributed by atoms with Crippen LogP contribution in [0.1, 0.15) is 55.5 Å². The number of carboxylic acid groups (broad SMARTS) is 1. The Hall–Kier alpha value is -2.52. The Morgan fingerprint density at radius 3 is 2.67 bits per heavy atom. The number of rotatable bonds is 9. The van der Waals surface area contributed by atoms with Gasteiger partial charge >= 0.3 is 5.97 Å². The highest BCUT2D eigenvalue weighted by Crippen LogP contribution is 2.61. The van der Waals surface area contributed by atoms with Crippen LogP contribution >= 0.6 is 0 Å². The molecule has 178 valence electrons. The van der Waals surface area contributed by atoms with Gasteiger partial charge < -0.3 is 20.4 Å². The minimum Gasteiger partial charge on any atom is -0.481 e. The minimum atomic E-state index is -0.952. The summed E-state index contributed by atoms with van der Waals surface area (Å²) >= 11 is 0. The number of benzene rings is 1. The lowest BCUT2D eigenvalue weighted by Crippen LogP contribution is -2.58. The number of carbonyl (C=O) groups is 1. The number of carboxylic acids is 1. The van der Waals surface area contributed by atoms with Crippen molar-refractivity contribution in [3.8, 4) is 0 Å². The first-order valence-corrected chi connectivity index (χ1v) is 11.9. The van der Waals surface area contributed by atoms with E-state index in [0.717, 1.165) is 43.6 Å². The Morgan fingerprint density at radius 1 is 1.24 bits per heavy atom. The van der Waals surface area contributed by atoms with Crippen molar-refractivity contribution in [3.63, 3.8) is 0 Å². The van der Waals surface area contributed by atoms with Crippen LogP contribution in [0.15, 0.2) is 18.2 Å². The lowest BCUT2D eigenvalue weighted by Gasteiger charge is -2.60. The second kappa shape index (κ2) is 8.36. The van der Waals surface area contributed by atoms with Crippen LogP contribution in [0.25, 0.3) is 0 Å². The van der Waals surface area contributed by atoms with Crippen LogP contribution in [-0.2, 0) is 24.3 Å². The van der Waals surface area contributed by atoms with Crippen LogP contribution < -0.4 is 10.2 Å². The van der Waals surface area contributed by atoms with Crippen molar-refractivity contribution in [1.29, 1.82) is 0 Å². The van der Waals surface area contributed by atoms with E-state index in [9.17, 15) is 9.90 Å². The molecule has 1 aromatic carbocycles. The number of hydrogen-bond donors (Lipinski definition) is 3. The van der Waals surface area contributed by atoms with Crippen LogP contribution in [0, 0.1) is 17.3 Å². The standard InChI is InChI=1S/C24H34N6O3/c1-29(2)20-6-16(3-4-19(20)13-30-21(7-22(31)32)26-27-28-30)12-25-15-23-8-17-5-18(9-23)11-24(33,10-17)14-23/h3-4,6,17-18,25,33H,5,7-15H2,1-2H3,(H,31,32). The van der Waals surface area contributed by atoms with Crippen LogP contribution in [0.5, 0.6) is 0 Å². The number of aromatic nitrogens is 4. The third-order valence-corrected chi connectivity index (χ3v) is 7.85. The topological polar surface area (TPSA) is 116 Å². The van der Waals surface area contributed by atoms with Gasteiger partial charge in [0.2, 0.25) is 0 Å². The van der Waals surface area contributed by atoms with Gasteiger partial charge in [-0.25, -0.2) is 4.68 Å². The summed E-state index contributed by atoms with van der Waals surface area (Å²) in [4.78, 5) is 13.1. The van der Waals surface area contributed by atoms with E-state index in [4.69, 9.17) is 5.11 Å². The molecule has 0 spiro atoms. The average molecular weight is 455 g/mol. The van der Waals surface area contributed by atoms with Crippen molar-refractivity contribution in [1.82, 2.24) is 25.5 Å². The summed E-state index contributed by atoms with van der Waals surface area (Å²) in [6.07, 6.45) is 6.59. The molecule has 4 bridgehead atoms. The van der Waals surface area contributed by atoms with E-state index in [-0.39, 0.29) is 11.8 Å². The van der Waals surface area contributed by atoms with Gasteiger partial charge in [0.05, 0.1) is 12.1 Å². The van der Waals surface area contributed by atoms with Gasteiger partial charge in [-0.1, -0.05) is 12.1 Å². The molecular weight excluding hydrogens is 420 g/mol.